The predicted molar refractivity (Wildman–Crippen MR) is 50.6 cm³/mol. The van der Waals surface area contributed by atoms with Gasteiger partial charge in [-0.25, -0.2) is 4.39 Å². The Morgan fingerprint density at radius 3 is 2.79 bits per heavy atom. The van der Waals surface area contributed by atoms with Crippen LogP contribution < -0.4 is 5.73 Å². The van der Waals surface area contributed by atoms with Crippen molar-refractivity contribution in [2.75, 3.05) is 0 Å². The Hall–Kier alpha value is -1.13. The third-order valence-corrected chi connectivity index (χ3v) is 2.08. The van der Waals surface area contributed by atoms with Crippen LogP contribution in [0.15, 0.2) is 18.2 Å². The lowest BCUT2D eigenvalue weighted by atomic mass is 10.0. The molecule has 76 valence electrons. The van der Waals surface area contributed by atoms with Crippen LogP contribution in [0.2, 0.25) is 5.02 Å². The molecule has 0 aliphatic rings. The molecule has 0 aliphatic carbocycles. The molecule has 3 N–H and O–H groups in total. The highest BCUT2D eigenvalue weighted by Crippen LogP contribution is 2.24. The fourth-order valence-electron chi connectivity index (χ4n) is 1.10. The number of rotatable bonds is 3. The van der Waals surface area contributed by atoms with E-state index in [9.17, 15) is 9.18 Å². The largest absolute Gasteiger partial charge is 0.481 e. The van der Waals surface area contributed by atoms with E-state index in [4.69, 9.17) is 22.4 Å². The third-order valence-electron chi connectivity index (χ3n) is 1.76. The first kappa shape index (κ1) is 10.9. The number of carboxylic acids is 1. The van der Waals surface area contributed by atoms with Crippen molar-refractivity contribution in [3.05, 3.63) is 34.6 Å². The molecule has 0 spiro atoms. The predicted octanol–water partition coefficient (Wildman–Crippen LogP) is 1.95. The van der Waals surface area contributed by atoms with Gasteiger partial charge in [0.2, 0.25) is 0 Å². The number of carboxylic acid groups (broad SMARTS) is 1. The zero-order valence-corrected chi connectivity index (χ0v) is 7.96. The lowest BCUT2D eigenvalue weighted by molar-refractivity contribution is -0.137. The van der Waals surface area contributed by atoms with Crippen molar-refractivity contribution in [2.45, 2.75) is 12.5 Å². The zero-order valence-electron chi connectivity index (χ0n) is 7.21. The van der Waals surface area contributed by atoms with E-state index in [2.05, 4.69) is 0 Å². The highest BCUT2D eigenvalue weighted by Gasteiger charge is 2.13. The van der Waals surface area contributed by atoms with Crippen LogP contribution in [0.4, 0.5) is 4.39 Å². The van der Waals surface area contributed by atoms with E-state index in [0.717, 1.165) is 6.07 Å². The van der Waals surface area contributed by atoms with Crippen molar-refractivity contribution in [1.82, 2.24) is 0 Å². The maximum Gasteiger partial charge on any atom is 0.305 e. The molecule has 0 fully saturated rings. The maximum atomic E-state index is 12.6. The van der Waals surface area contributed by atoms with Crippen molar-refractivity contribution >= 4 is 17.6 Å². The number of halogens is 2. The van der Waals surface area contributed by atoms with Crippen molar-refractivity contribution in [2.24, 2.45) is 5.73 Å². The summed E-state index contributed by atoms with van der Waals surface area (Å²) in [6.45, 7) is 0. The fraction of sp³-hybridized carbons (Fsp3) is 0.222. The molecule has 14 heavy (non-hydrogen) atoms. The Kier molecular flexibility index (Phi) is 3.43. The molecule has 1 unspecified atom stereocenters. The van der Waals surface area contributed by atoms with Crippen LogP contribution in [-0.2, 0) is 4.79 Å². The van der Waals surface area contributed by atoms with Crippen LogP contribution in [0.5, 0.6) is 0 Å². The van der Waals surface area contributed by atoms with Gasteiger partial charge in [0, 0.05) is 11.1 Å². The van der Waals surface area contributed by atoms with Gasteiger partial charge in [0.25, 0.3) is 0 Å². The SMILES string of the molecule is NC(CC(=O)O)c1ccc(F)cc1Cl. The van der Waals surface area contributed by atoms with E-state index in [0.29, 0.717) is 5.56 Å². The molecule has 1 aromatic carbocycles. The summed E-state index contributed by atoms with van der Waals surface area (Å²) >= 11 is 5.69. The number of aliphatic carboxylic acids is 1. The Morgan fingerprint density at radius 2 is 2.29 bits per heavy atom. The third kappa shape index (κ3) is 2.68. The summed E-state index contributed by atoms with van der Waals surface area (Å²) < 4.78 is 12.6. The monoisotopic (exact) mass is 217 g/mol. The highest BCUT2D eigenvalue weighted by atomic mass is 35.5. The van der Waals surface area contributed by atoms with E-state index >= 15 is 0 Å². The van der Waals surface area contributed by atoms with Gasteiger partial charge in [0.05, 0.1) is 6.42 Å². The van der Waals surface area contributed by atoms with Crippen molar-refractivity contribution in [3.8, 4) is 0 Å². The minimum absolute atomic E-state index is 0.152. The van der Waals surface area contributed by atoms with E-state index in [1.54, 1.807) is 0 Å². The smallest absolute Gasteiger partial charge is 0.305 e. The average Bonchev–Trinajstić information content (AvgIpc) is 2.01. The van der Waals surface area contributed by atoms with Gasteiger partial charge in [-0.3, -0.25) is 4.79 Å². The Labute approximate surface area is 85.3 Å². The van der Waals surface area contributed by atoms with Gasteiger partial charge >= 0.3 is 5.97 Å². The summed E-state index contributed by atoms with van der Waals surface area (Å²) in [7, 11) is 0. The molecule has 1 rings (SSSR count). The molecule has 0 aliphatic heterocycles. The van der Waals surface area contributed by atoms with Crippen molar-refractivity contribution in [1.29, 1.82) is 0 Å². The molecular formula is C9H9ClFNO2. The normalized spacial score (nSPS) is 12.5. The number of hydrogen-bond acceptors (Lipinski definition) is 2. The van der Waals surface area contributed by atoms with Crippen LogP contribution >= 0.6 is 11.6 Å². The fourth-order valence-corrected chi connectivity index (χ4v) is 1.41. The first-order chi connectivity index (χ1) is 6.50. The molecule has 1 aromatic rings. The second-order valence-electron chi connectivity index (χ2n) is 2.87. The highest BCUT2D eigenvalue weighted by molar-refractivity contribution is 6.31. The first-order valence-corrected chi connectivity index (χ1v) is 4.31. The van der Waals surface area contributed by atoms with Gasteiger partial charge in [0.1, 0.15) is 5.82 Å². The van der Waals surface area contributed by atoms with Gasteiger partial charge in [-0.15, -0.1) is 0 Å². The van der Waals surface area contributed by atoms with Crippen LogP contribution in [0.3, 0.4) is 0 Å². The Morgan fingerprint density at radius 1 is 1.64 bits per heavy atom. The molecule has 5 heteroatoms. The molecular weight excluding hydrogens is 209 g/mol. The van der Waals surface area contributed by atoms with Crippen LogP contribution in [0.25, 0.3) is 0 Å². The summed E-state index contributed by atoms with van der Waals surface area (Å²) in [5.74, 6) is -1.49. The van der Waals surface area contributed by atoms with Crippen LogP contribution in [-0.4, -0.2) is 11.1 Å². The summed E-state index contributed by atoms with van der Waals surface area (Å²) in [6.07, 6.45) is -0.231. The summed E-state index contributed by atoms with van der Waals surface area (Å²) in [5, 5.41) is 8.65. The average molecular weight is 218 g/mol. The molecule has 0 radical (unpaired) electrons. The number of hydrogen-bond donors (Lipinski definition) is 2. The van der Waals surface area contributed by atoms with Gasteiger partial charge in [0.15, 0.2) is 0 Å². The summed E-state index contributed by atoms with van der Waals surface area (Å²) in [4.78, 5) is 10.4. The number of benzene rings is 1. The van der Waals surface area contributed by atoms with Crippen LogP contribution in [0.1, 0.15) is 18.0 Å². The number of carbonyl (C=O) groups is 1. The minimum Gasteiger partial charge on any atom is -0.481 e. The Bertz CT molecular complexity index is 357. The molecule has 0 saturated heterocycles. The van der Waals surface area contributed by atoms with E-state index in [1.807, 2.05) is 0 Å². The van der Waals surface area contributed by atoms with Crippen molar-refractivity contribution in [3.63, 3.8) is 0 Å². The zero-order chi connectivity index (χ0) is 10.7. The standard InChI is InChI=1S/C9H9ClFNO2/c10-7-3-5(11)1-2-6(7)8(12)4-9(13)14/h1-3,8H,4,12H2,(H,13,14). The van der Waals surface area contributed by atoms with Gasteiger partial charge in [-0.1, -0.05) is 17.7 Å². The van der Waals surface area contributed by atoms with E-state index in [-0.39, 0.29) is 11.4 Å². The summed E-state index contributed by atoms with van der Waals surface area (Å²) in [5.41, 5.74) is 6.00. The second-order valence-corrected chi connectivity index (χ2v) is 3.28. The molecule has 0 amide bonds. The van der Waals surface area contributed by atoms with Gasteiger partial charge in [-0.2, -0.15) is 0 Å². The molecule has 0 saturated carbocycles. The summed E-state index contributed by atoms with van der Waals surface area (Å²) in [6, 6.07) is 2.99. The lowest BCUT2D eigenvalue weighted by Gasteiger charge is -2.10. The van der Waals surface area contributed by atoms with Gasteiger partial charge < -0.3 is 10.8 Å². The molecule has 0 bridgehead atoms. The van der Waals surface area contributed by atoms with E-state index < -0.39 is 17.8 Å². The molecule has 0 heterocycles. The molecule has 3 nitrogen and oxygen atoms in total. The molecule has 0 aromatic heterocycles. The van der Waals surface area contributed by atoms with Gasteiger partial charge in [-0.05, 0) is 17.7 Å². The maximum absolute atomic E-state index is 12.6. The Balaban J connectivity index is 2.90. The topological polar surface area (TPSA) is 63.3 Å². The van der Waals surface area contributed by atoms with E-state index in [1.165, 1.54) is 12.1 Å². The first-order valence-electron chi connectivity index (χ1n) is 3.93. The van der Waals surface area contributed by atoms with Crippen LogP contribution in [0, 0.1) is 5.82 Å². The number of nitrogens with two attached hydrogens (primary N) is 1. The van der Waals surface area contributed by atoms with Crippen molar-refractivity contribution < 1.29 is 14.3 Å². The molecule has 1 atom stereocenters. The lowest BCUT2D eigenvalue weighted by Crippen LogP contribution is -2.15. The quantitative estimate of drug-likeness (QED) is 0.814. The second kappa shape index (κ2) is 4.39. The minimum atomic E-state index is -1.02.